The number of rotatable bonds is 5. The summed E-state index contributed by atoms with van der Waals surface area (Å²) < 4.78 is 18.5. The lowest BCUT2D eigenvalue weighted by Crippen LogP contribution is -2.40. The first kappa shape index (κ1) is 13.3. The maximum absolute atomic E-state index is 12.2. The molecule has 15 heavy (non-hydrogen) atoms. The van der Waals surface area contributed by atoms with Gasteiger partial charge in [-0.15, -0.1) is 23.2 Å². The molecule has 1 fully saturated rings. The molecule has 1 aliphatic heterocycles. The van der Waals surface area contributed by atoms with Gasteiger partial charge < -0.3 is 4.52 Å². The molecule has 1 aliphatic rings. The Morgan fingerprint density at radius 3 is 2.80 bits per heavy atom. The number of carbonyl (C=O) groups is 1. The molecule has 0 spiro atoms. The molecule has 0 saturated carbocycles. The van der Waals surface area contributed by atoms with Crippen molar-refractivity contribution in [3.8, 4) is 0 Å². The summed E-state index contributed by atoms with van der Waals surface area (Å²) in [5.41, 5.74) is 0. The highest BCUT2D eigenvalue weighted by Gasteiger charge is 2.38. The van der Waals surface area contributed by atoms with E-state index in [4.69, 9.17) is 27.7 Å². The lowest BCUT2D eigenvalue weighted by Gasteiger charge is -2.34. The van der Waals surface area contributed by atoms with Crippen molar-refractivity contribution in [3.05, 3.63) is 0 Å². The van der Waals surface area contributed by atoms with Crippen LogP contribution in [0.15, 0.2) is 0 Å². The number of alkyl halides is 2. The Balaban J connectivity index is 2.72. The highest BCUT2D eigenvalue weighted by molar-refractivity contribution is 7.55. The second kappa shape index (κ2) is 6.06. The highest BCUT2D eigenvalue weighted by Crippen LogP contribution is 2.49. The zero-order valence-electron chi connectivity index (χ0n) is 8.12. The van der Waals surface area contributed by atoms with Gasteiger partial charge in [-0.1, -0.05) is 0 Å². The molecule has 1 saturated heterocycles. The Bertz CT molecular complexity index is 277. The van der Waals surface area contributed by atoms with E-state index in [-0.39, 0.29) is 31.4 Å². The van der Waals surface area contributed by atoms with Crippen molar-refractivity contribution >= 4 is 36.8 Å². The van der Waals surface area contributed by atoms with Crippen LogP contribution >= 0.6 is 30.9 Å². The zero-order valence-corrected chi connectivity index (χ0v) is 10.5. The molecule has 0 unspecified atom stereocenters. The van der Waals surface area contributed by atoms with Crippen LogP contribution in [-0.4, -0.2) is 42.0 Å². The van der Waals surface area contributed by atoms with Crippen LogP contribution < -0.4 is 5.09 Å². The Morgan fingerprint density at radius 1 is 1.47 bits per heavy atom. The molecule has 1 heterocycles. The maximum atomic E-state index is 12.2. The van der Waals surface area contributed by atoms with Crippen molar-refractivity contribution in [1.82, 2.24) is 9.76 Å². The normalized spacial score (nSPS) is 27.1. The SMILES string of the molecule is O=C1CCO[P@](=O)(NCCCl)N1CCCl. The van der Waals surface area contributed by atoms with Crippen LogP contribution in [0.3, 0.4) is 0 Å². The molecule has 0 aromatic carbocycles. The Labute approximate surface area is 98.6 Å². The van der Waals surface area contributed by atoms with Crippen LogP contribution in [-0.2, 0) is 13.9 Å². The summed E-state index contributed by atoms with van der Waals surface area (Å²) in [7, 11) is -3.25. The van der Waals surface area contributed by atoms with E-state index >= 15 is 0 Å². The van der Waals surface area contributed by atoms with Crippen LogP contribution in [0, 0.1) is 0 Å². The zero-order chi connectivity index (χ0) is 11.3. The standard InChI is InChI=1S/C7H13Cl2N2O3P/c8-2-4-10-15(13)11(5-3-9)7(12)1-6-14-15/h1-6H2,(H,10,13)/t15-/m1/s1. The van der Waals surface area contributed by atoms with Crippen LogP contribution in [0.2, 0.25) is 0 Å². The summed E-state index contributed by atoms with van der Waals surface area (Å²) in [5.74, 6) is 0.324. The minimum Gasteiger partial charge on any atom is -0.301 e. The van der Waals surface area contributed by atoms with Crippen molar-refractivity contribution in [2.75, 3.05) is 31.5 Å². The van der Waals surface area contributed by atoms with Crippen LogP contribution in [0.5, 0.6) is 0 Å². The van der Waals surface area contributed by atoms with Gasteiger partial charge in [0.1, 0.15) is 0 Å². The second-order valence-corrected chi connectivity index (χ2v) is 5.76. The Hall–Kier alpha value is 0.200. The van der Waals surface area contributed by atoms with Gasteiger partial charge in [0.05, 0.1) is 13.0 Å². The molecule has 0 bridgehead atoms. The minimum absolute atomic E-state index is 0.171. The third-order valence-corrected chi connectivity index (χ3v) is 4.46. The summed E-state index contributed by atoms with van der Waals surface area (Å²) in [6.45, 7) is 0.710. The van der Waals surface area contributed by atoms with Gasteiger partial charge in [0.15, 0.2) is 0 Å². The molecule has 5 nitrogen and oxygen atoms in total. The fraction of sp³-hybridized carbons (Fsp3) is 0.857. The molecule has 0 aliphatic carbocycles. The second-order valence-electron chi connectivity index (χ2n) is 2.91. The van der Waals surface area contributed by atoms with Crippen molar-refractivity contribution in [2.24, 2.45) is 0 Å². The monoisotopic (exact) mass is 274 g/mol. The van der Waals surface area contributed by atoms with E-state index in [1.165, 1.54) is 4.67 Å². The number of carbonyl (C=O) groups excluding carboxylic acids is 1. The number of hydrogen-bond donors (Lipinski definition) is 1. The van der Waals surface area contributed by atoms with Crippen molar-refractivity contribution in [1.29, 1.82) is 0 Å². The largest absolute Gasteiger partial charge is 0.370 e. The smallest absolute Gasteiger partial charge is 0.301 e. The summed E-state index contributed by atoms with van der Waals surface area (Å²) in [5, 5.41) is 2.66. The van der Waals surface area contributed by atoms with Gasteiger partial charge in [-0.3, -0.25) is 9.46 Å². The van der Waals surface area contributed by atoms with Gasteiger partial charge in [0.25, 0.3) is 0 Å². The van der Waals surface area contributed by atoms with Gasteiger partial charge >= 0.3 is 7.67 Å². The average Bonchev–Trinajstić information content (AvgIpc) is 2.21. The van der Waals surface area contributed by atoms with Gasteiger partial charge in [-0.2, -0.15) is 0 Å². The lowest BCUT2D eigenvalue weighted by molar-refractivity contribution is -0.129. The van der Waals surface area contributed by atoms with E-state index in [1.54, 1.807) is 0 Å². The number of amides is 1. The topological polar surface area (TPSA) is 58.6 Å². The molecular formula is C7H13Cl2N2O3P. The molecule has 1 N–H and O–H groups in total. The molecule has 0 aromatic rings. The van der Waals surface area contributed by atoms with Crippen LogP contribution in [0.4, 0.5) is 0 Å². The molecule has 88 valence electrons. The summed E-state index contributed by atoms with van der Waals surface area (Å²) in [6, 6.07) is 0. The number of hydrogen-bond acceptors (Lipinski definition) is 3. The van der Waals surface area contributed by atoms with E-state index in [9.17, 15) is 9.36 Å². The molecule has 8 heteroatoms. The fourth-order valence-corrected chi connectivity index (χ4v) is 3.66. The van der Waals surface area contributed by atoms with Gasteiger partial charge in [0.2, 0.25) is 5.91 Å². The predicted octanol–water partition coefficient (Wildman–Crippen LogP) is 1.41. The first-order chi connectivity index (χ1) is 7.14. The molecule has 1 amide bonds. The lowest BCUT2D eigenvalue weighted by atomic mass is 10.4. The third-order valence-electron chi connectivity index (χ3n) is 1.89. The van der Waals surface area contributed by atoms with E-state index < -0.39 is 7.67 Å². The van der Waals surface area contributed by atoms with Crippen molar-refractivity contribution in [3.63, 3.8) is 0 Å². The van der Waals surface area contributed by atoms with Gasteiger partial charge in [-0.05, 0) is 0 Å². The summed E-state index contributed by atoms with van der Waals surface area (Å²) >= 11 is 11.0. The predicted molar refractivity (Wildman–Crippen MR) is 59.3 cm³/mol. The van der Waals surface area contributed by atoms with Crippen LogP contribution in [0.25, 0.3) is 0 Å². The van der Waals surface area contributed by atoms with E-state index in [2.05, 4.69) is 5.09 Å². The summed E-state index contributed by atoms with van der Waals surface area (Å²) in [4.78, 5) is 11.5. The fourth-order valence-electron chi connectivity index (χ4n) is 1.25. The first-order valence-electron chi connectivity index (χ1n) is 4.56. The van der Waals surface area contributed by atoms with E-state index in [0.717, 1.165) is 0 Å². The molecule has 0 aromatic heterocycles. The Morgan fingerprint density at radius 2 is 2.20 bits per heavy atom. The number of halogens is 2. The molecule has 1 atom stereocenters. The molecule has 0 radical (unpaired) electrons. The average molecular weight is 275 g/mol. The maximum Gasteiger partial charge on any atom is 0.370 e. The van der Waals surface area contributed by atoms with Crippen molar-refractivity contribution < 1.29 is 13.9 Å². The van der Waals surface area contributed by atoms with E-state index in [1.807, 2.05) is 0 Å². The number of nitrogens with one attached hydrogen (secondary N) is 1. The molecular weight excluding hydrogens is 262 g/mol. The van der Waals surface area contributed by atoms with Crippen LogP contribution in [0.1, 0.15) is 6.42 Å². The van der Waals surface area contributed by atoms with E-state index in [0.29, 0.717) is 12.4 Å². The minimum atomic E-state index is -3.25. The highest BCUT2D eigenvalue weighted by atomic mass is 35.5. The third kappa shape index (κ3) is 3.33. The molecule has 1 rings (SSSR count). The quantitative estimate of drug-likeness (QED) is 0.608. The first-order valence-corrected chi connectivity index (χ1v) is 7.21. The van der Waals surface area contributed by atoms with Gasteiger partial charge in [-0.25, -0.2) is 9.65 Å². The van der Waals surface area contributed by atoms with Crippen molar-refractivity contribution in [2.45, 2.75) is 6.42 Å². The summed E-state index contributed by atoms with van der Waals surface area (Å²) in [6.07, 6.45) is 0.240. The number of nitrogens with zero attached hydrogens (tertiary/aromatic N) is 1. The Kier molecular flexibility index (Phi) is 5.36. The van der Waals surface area contributed by atoms with Gasteiger partial charge in [0, 0.05) is 24.8 Å².